The van der Waals surface area contributed by atoms with Gasteiger partial charge < -0.3 is 0 Å². The maximum atomic E-state index is 6.27. The van der Waals surface area contributed by atoms with Crippen molar-refractivity contribution < 1.29 is 0 Å². The summed E-state index contributed by atoms with van der Waals surface area (Å²) in [5.74, 6) is 0.675. The minimum absolute atomic E-state index is 0.511. The Bertz CT molecular complexity index is 765. The number of hydrogen-bond acceptors (Lipinski definition) is 4. The monoisotopic (exact) mass is 356 g/mol. The highest BCUT2D eigenvalue weighted by Crippen LogP contribution is 2.32. The van der Waals surface area contributed by atoms with Gasteiger partial charge in [-0.05, 0) is 35.3 Å². The standard InChI is InChI=1S/C12H10BrClN4S/c1-6-7(2)19-12-10(6)11(14)16-9(17-12)5-18-4-8(13)3-15-18/h3-4H,5H2,1-2H3. The van der Waals surface area contributed by atoms with E-state index in [9.17, 15) is 0 Å². The molecule has 0 atom stereocenters. The number of rotatable bonds is 2. The summed E-state index contributed by atoms with van der Waals surface area (Å²) >= 11 is 11.3. The molecular weight excluding hydrogens is 348 g/mol. The normalized spacial score (nSPS) is 11.4. The summed E-state index contributed by atoms with van der Waals surface area (Å²) in [6, 6.07) is 0. The van der Waals surface area contributed by atoms with Crippen LogP contribution in [0.1, 0.15) is 16.3 Å². The summed E-state index contributed by atoms with van der Waals surface area (Å²) in [7, 11) is 0. The van der Waals surface area contributed by atoms with Gasteiger partial charge in [0.2, 0.25) is 0 Å². The minimum atomic E-state index is 0.511. The SMILES string of the molecule is Cc1sc2nc(Cn3cc(Br)cn3)nc(Cl)c2c1C. The molecule has 0 radical (unpaired) electrons. The first-order chi connectivity index (χ1) is 9.04. The van der Waals surface area contributed by atoms with Crippen molar-refractivity contribution in [1.29, 1.82) is 0 Å². The predicted molar refractivity (Wildman–Crippen MR) is 80.9 cm³/mol. The predicted octanol–water partition coefficient (Wildman–Crippen LogP) is 3.97. The van der Waals surface area contributed by atoms with Crippen LogP contribution >= 0.6 is 38.9 Å². The molecule has 0 aliphatic heterocycles. The fraction of sp³-hybridized carbons (Fsp3) is 0.250. The molecule has 0 unspecified atom stereocenters. The van der Waals surface area contributed by atoms with Crippen LogP contribution in [0, 0.1) is 13.8 Å². The van der Waals surface area contributed by atoms with Gasteiger partial charge in [0.1, 0.15) is 16.5 Å². The first kappa shape index (κ1) is 13.0. The average Bonchev–Trinajstić information content (AvgIpc) is 2.85. The fourth-order valence-electron chi connectivity index (χ4n) is 1.88. The van der Waals surface area contributed by atoms with E-state index in [-0.39, 0.29) is 0 Å². The summed E-state index contributed by atoms with van der Waals surface area (Å²) in [5.41, 5.74) is 1.17. The highest BCUT2D eigenvalue weighted by molar-refractivity contribution is 9.10. The van der Waals surface area contributed by atoms with Crippen molar-refractivity contribution in [2.75, 3.05) is 0 Å². The number of aromatic nitrogens is 4. The van der Waals surface area contributed by atoms with E-state index < -0.39 is 0 Å². The molecule has 3 aromatic heterocycles. The quantitative estimate of drug-likeness (QED) is 0.652. The van der Waals surface area contributed by atoms with Crippen LogP contribution in [0.25, 0.3) is 10.2 Å². The van der Waals surface area contributed by atoms with E-state index in [2.05, 4.69) is 37.9 Å². The van der Waals surface area contributed by atoms with Crippen LogP contribution in [0.4, 0.5) is 0 Å². The van der Waals surface area contributed by atoms with Gasteiger partial charge in [-0.2, -0.15) is 5.10 Å². The van der Waals surface area contributed by atoms with Crippen molar-refractivity contribution >= 4 is 49.1 Å². The van der Waals surface area contributed by atoms with Gasteiger partial charge in [-0.1, -0.05) is 11.6 Å². The summed E-state index contributed by atoms with van der Waals surface area (Å²) in [4.78, 5) is 11.1. The Morgan fingerprint density at radius 1 is 1.37 bits per heavy atom. The maximum Gasteiger partial charge on any atom is 0.153 e. The molecule has 98 valence electrons. The molecule has 0 fully saturated rings. The molecule has 3 aromatic rings. The Kier molecular flexibility index (Phi) is 3.32. The molecule has 7 heteroatoms. The molecular formula is C12H10BrClN4S. The van der Waals surface area contributed by atoms with Crippen LogP contribution in [0.15, 0.2) is 16.9 Å². The van der Waals surface area contributed by atoms with E-state index in [1.54, 1.807) is 22.2 Å². The zero-order chi connectivity index (χ0) is 13.6. The largest absolute Gasteiger partial charge is 0.264 e. The molecule has 3 rings (SSSR count). The Labute approximate surface area is 127 Å². The van der Waals surface area contributed by atoms with E-state index in [4.69, 9.17) is 11.6 Å². The molecule has 0 saturated carbocycles. The Morgan fingerprint density at radius 3 is 2.84 bits per heavy atom. The van der Waals surface area contributed by atoms with E-state index >= 15 is 0 Å². The van der Waals surface area contributed by atoms with Crippen LogP contribution in [0.2, 0.25) is 5.15 Å². The Hall–Kier alpha value is -0.980. The van der Waals surface area contributed by atoms with Crippen molar-refractivity contribution in [3.8, 4) is 0 Å². The van der Waals surface area contributed by atoms with Crippen molar-refractivity contribution in [3.05, 3.63) is 38.3 Å². The second-order valence-electron chi connectivity index (χ2n) is 4.25. The van der Waals surface area contributed by atoms with Gasteiger partial charge >= 0.3 is 0 Å². The number of aryl methyl sites for hydroxylation is 2. The molecule has 0 aromatic carbocycles. The van der Waals surface area contributed by atoms with Crippen molar-refractivity contribution in [3.63, 3.8) is 0 Å². The lowest BCUT2D eigenvalue weighted by Gasteiger charge is -2.02. The molecule has 0 aliphatic carbocycles. The number of hydrogen-bond donors (Lipinski definition) is 0. The highest BCUT2D eigenvalue weighted by atomic mass is 79.9. The maximum absolute atomic E-state index is 6.27. The fourth-order valence-corrected chi connectivity index (χ4v) is 3.64. The van der Waals surface area contributed by atoms with Gasteiger partial charge in [0.05, 0.1) is 16.1 Å². The lowest BCUT2D eigenvalue weighted by Crippen LogP contribution is -2.04. The minimum Gasteiger partial charge on any atom is -0.264 e. The summed E-state index contributed by atoms with van der Waals surface area (Å²) in [6.07, 6.45) is 3.62. The van der Waals surface area contributed by atoms with Gasteiger partial charge in [-0.15, -0.1) is 11.3 Å². The highest BCUT2D eigenvalue weighted by Gasteiger charge is 2.13. The molecule has 0 spiro atoms. The topological polar surface area (TPSA) is 43.6 Å². The second-order valence-corrected chi connectivity index (χ2v) is 6.73. The average molecular weight is 358 g/mol. The molecule has 4 nitrogen and oxygen atoms in total. The van der Waals surface area contributed by atoms with Crippen molar-refractivity contribution in [2.45, 2.75) is 20.4 Å². The smallest absolute Gasteiger partial charge is 0.153 e. The van der Waals surface area contributed by atoms with Crippen LogP contribution in [-0.4, -0.2) is 19.7 Å². The zero-order valence-electron chi connectivity index (χ0n) is 10.3. The number of thiophene rings is 1. The summed E-state index contributed by atoms with van der Waals surface area (Å²) in [6.45, 7) is 4.63. The van der Waals surface area contributed by atoms with E-state index in [0.29, 0.717) is 17.5 Å². The van der Waals surface area contributed by atoms with Crippen LogP contribution in [0.5, 0.6) is 0 Å². The van der Waals surface area contributed by atoms with Crippen LogP contribution < -0.4 is 0 Å². The zero-order valence-corrected chi connectivity index (χ0v) is 13.5. The summed E-state index contributed by atoms with van der Waals surface area (Å²) in [5, 5.41) is 5.68. The van der Waals surface area contributed by atoms with Crippen molar-refractivity contribution in [2.24, 2.45) is 0 Å². The van der Waals surface area contributed by atoms with Gasteiger partial charge in [0, 0.05) is 11.1 Å². The van der Waals surface area contributed by atoms with Crippen LogP contribution in [0.3, 0.4) is 0 Å². The third-order valence-corrected chi connectivity index (χ3v) is 4.72. The molecule has 0 bridgehead atoms. The molecule has 3 heterocycles. The van der Waals surface area contributed by atoms with E-state index in [1.807, 2.05) is 13.1 Å². The van der Waals surface area contributed by atoms with Gasteiger partial charge in [0.15, 0.2) is 5.82 Å². The second kappa shape index (κ2) is 4.85. The third kappa shape index (κ3) is 2.40. The van der Waals surface area contributed by atoms with Gasteiger partial charge in [0.25, 0.3) is 0 Å². The molecule has 0 amide bonds. The Morgan fingerprint density at radius 2 is 2.16 bits per heavy atom. The number of halogens is 2. The molecule has 0 saturated heterocycles. The van der Waals surface area contributed by atoms with Gasteiger partial charge in [-0.3, -0.25) is 4.68 Å². The summed E-state index contributed by atoms with van der Waals surface area (Å²) < 4.78 is 2.71. The third-order valence-electron chi connectivity index (χ3n) is 2.94. The molecule has 19 heavy (non-hydrogen) atoms. The molecule has 0 N–H and O–H groups in total. The number of nitrogens with zero attached hydrogens (tertiary/aromatic N) is 4. The molecule has 0 aliphatic rings. The van der Waals surface area contributed by atoms with Crippen molar-refractivity contribution in [1.82, 2.24) is 19.7 Å². The van der Waals surface area contributed by atoms with Gasteiger partial charge in [-0.25, -0.2) is 9.97 Å². The lowest BCUT2D eigenvalue weighted by atomic mass is 10.2. The lowest BCUT2D eigenvalue weighted by molar-refractivity contribution is 0.658. The van der Waals surface area contributed by atoms with E-state index in [0.717, 1.165) is 14.7 Å². The Balaban J connectivity index is 2.06. The number of fused-ring (bicyclic) bond motifs is 1. The first-order valence-corrected chi connectivity index (χ1v) is 7.63. The van der Waals surface area contributed by atoms with Crippen LogP contribution in [-0.2, 0) is 6.54 Å². The van der Waals surface area contributed by atoms with E-state index in [1.165, 1.54) is 10.4 Å². The first-order valence-electron chi connectivity index (χ1n) is 5.64.